The van der Waals surface area contributed by atoms with E-state index >= 15 is 0 Å². The number of fused-ring (bicyclic) bond motifs is 2. The summed E-state index contributed by atoms with van der Waals surface area (Å²) in [4.78, 5) is 15.2. The molecule has 3 aliphatic rings. The van der Waals surface area contributed by atoms with Crippen LogP contribution in [-0.4, -0.2) is 29.6 Å². The highest BCUT2D eigenvalue weighted by Crippen LogP contribution is 2.45. The molecule has 0 saturated heterocycles. The van der Waals surface area contributed by atoms with Gasteiger partial charge in [0.2, 0.25) is 0 Å². The van der Waals surface area contributed by atoms with Crippen molar-refractivity contribution in [3.05, 3.63) is 53.1 Å². The zero-order valence-electron chi connectivity index (χ0n) is 15.7. The Labute approximate surface area is 159 Å². The minimum absolute atomic E-state index is 0.0917. The van der Waals surface area contributed by atoms with Gasteiger partial charge in [0.15, 0.2) is 0 Å². The largest absolute Gasteiger partial charge is 0.493 e. The number of amides is 1. The van der Waals surface area contributed by atoms with Gasteiger partial charge in [-0.25, -0.2) is 0 Å². The van der Waals surface area contributed by atoms with Gasteiger partial charge in [-0.05, 0) is 51.0 Å². The average Bonchev–Trinajstić information content (AvgIpc) is 3.42. The first kappa shape index (κ1) is 16.5. The number of hydrogen-bond donors (Lipinski definition) is 1. The fraction of sp³-hybridized carbons (Fsp3) is 0.409. The molecule has 2 atom stereocenters. The van der Waals surface area contributed by atoms with Crippen LogP contribution in [0.1, 0.15) is 54.3 Å². The number of benzene rings is 2. The van der Waals surface area contributed by atoms with Crippen LogP contribution < -0.4 is 14.8 Å². The molecule has 27 heavy (non-hydrogen) atoms. The van der Waals surface area contributed by atoms with Crippen LogP contribution in [0.25, 0.3) is 0 Å². The van der Waals surface area contributed by atoms with Crippen LogP contribution in [0, 0.1) is 0 Å². The van der Waals surface area contributed by atoms with Crippen molar-refractivity contribution in [1.29, 1.82) is 0 Å². The van der Waals surface area contributed by atoms with Gasteiger partial charge in [-0.15, -0.1) is 0 Å². The number of hydrogen-bond acceptors (Lipinski definition) is 4. The first-order valence-electron chi connectivity index (χ1n) is 9.80. The molecule has 2 aromatic carbocycles. The van der Waals surface area contributed by atoms with E-state index in [0.717, 1.165) is 47.6 Å². The van der Waals surface area contributed by atoms with Crippen molar-refractivity contribution < 1.29 is 14.3 Å². The molecule has 0 spiro atoms. The highest BCUT2D eigenvalue weighted by Gasteiger charge is 2.43. The van der Waals surface area contributed by atoms with E-state index in [4.69, 9.17) is 9.47 Å². The molecular formula is C22H24N2O3. The van der Waals surface area contributed by atoms with E-state index in [2.05, 4.69) is 24.4 Å². The molecule has 1 fully saturated rings. The third-order valence-electron chi connectivity index (χ3n) is 5.53. The minimum Gasteiger partial charge on any atom is -0.493 e. The SMILES string of the molecule is CCOc1cc2c(cc1[C@@H]1Nc3ccccc3C(=O)N1C1CC1)O[C@H](C)C2. The smallest absolute Gasteiger partial charge is 0.258 e. The predicted molar refractivity (Wildman–Crippen MR) is 103 cm³/mol. The van der Waals surface area contributed by atoms with E-state index in [1.165, 1.54) is 5.56 Å². The van der Waals surface area contributed by atoms with Gasteiger partial charge in [-0.2, -0.15) is 0 Å². The maximum atomic E-state index is 13.3. The Kier molecular flexibility index (Phi) is 3.78. The number of nitrogens with one attached hydrogen (secondary N) is 1. The molecule has 0 unspecified atom stereocenters. The molecule has 0 bridgehead atoms. The van der Waals surface area contributed by atoms with Crippen LogP contribution in [-0.2, 0) is 6.42 Å². The highest BCUT2D eigenvalue weighted by molar-refractivity contribution is 6.02. The Morgan fingerprint density at radius 2 is 2.07 bits per heavy atom. The molecule has 2 heterocycles. The van der Waals surface area contributed by atoms with Gasteiger partial charge in [0.05, 0.1) is 12.2 Å². The minimum atomic E-state index is -0.244. The average molecular weight is 364 g/mol. The third kappa shape index (κ3) is 2.73. The highest BCUT2D eigenvalue weighted by atomic mass is 16.5. The lowest BCUT2D eigenvalue weighted by Crippen LogP contribution is -2.44. The lowest BCUT2D eigenvalue weighted by Gasteiger charge is -2.39. The Hall–Kier alpha value is -2.69. The Bertz CT molecular complexity index is 906. The summed E-state index contributed by atoms with van der Waals surface area (Å²) in [5.74, 6) is 1.84. The molecule has 5 rings (SSSR count). The van der Waals surface area contributed by atoms with Gasteiger partial charge in [-0.1, -0.05) is 12.1 Å². The maximum Gasteiger partial charge on any atom is 0.258 e. The van der Waals surface area contributed by atoms with Crippen molar-refractivity contribution >= 4 is 11.6 Å². The van der Waals surface area contributed by atoms with Crippen molar-refractivity contribution in [2.24, 2.45) is 0 Å². The summed E-state index contributed by atoms with van der Waals surface area (Å²) in [5.41, 5.74) is 3.76. The van der Waals surface area contributed by atoms with Crippen molar-refractivity contribution in [2.75, 3.05) is 11.9 Å². The number of carbonyl (C=O) groups is 1. The molecule has 2 aliphatic heterocycles. The van der Waals surface area contributed by atoms with Crippen molar-refractivity contribution in [2.45, 2.75) is 51.4 Å². The summed E-state index contributed by atoms with van der Waals surface area (Å²) in [5, 5.41) is 3.59. The molecular weight excluding hydrogens is 340 g/mol. The fourth-order valence-corrected chi connectivity index (χ4v) is 4.17. The van der Waals surface area contributed by atoms with Crippen molar-refractivity contribution in [3.8, 4) is 11.5 Å². The number of nitrogens with zero attached hydrogens (tertiary/aromatic N) is 1. The number of carbonyl (C=O) groups excluding carboxylic acids is 1. The monoisotopic (exact) mass is 364 g/mol. The molecule has 1 amide bonds. The zero-order valence-corrected chi connectivity index (χ0v) is 15.7. The Morgan fingerprint density at radius 1 is 1.26 bits per heavy atom. The van der Waals surface area contributed by atoms with Gasteiger partial charge in [0.25, 0.3) is 5.91 Å². The topological polar surface area (TPSA) is 50.8 Å². The molecule has 1 N–H and O–H groups in total. The van der Waals surface area contributed by atoms with E-state index in [1.54, 1.807) is 0 Å². The number of anilines is 1. The maximum absolute atomic E-state index is 13.3. The molecule has 1 aliphatic carbocycles. The molecule has 0 aromatic heterocycles. The predicted octanol–water partition coefficient (Wildman–Crippen LogP) is 4.14. The number of rotatable bonds is 4. The third-order valence-corrected chi connectivity index (χ3v) is 5.53. The molecule has 1 saturated carbocycles. The lowest BCUT2D eigenvalue weighted by molar-refractivity contribution is 0.0663. The van der Waals surface area contributed by atoms with Crippen LogP contribution in [0.15, 0.2) is 36.4 Å². The Morgan fingerprint density at radius 3 is 2.85 bits per heavy atom. The van der Waals surface area contributed by atoms with Crippen LogP contribution in [0.5, 0.6) is 11.5 Å². The van der Waals surface area contributed by atoms with Crippen LogP contribution in [0.4, 0.5) is 5.69 Å². The summed E-state index contributed by atoms with van der Waals surface area (Å²) in [6.07, 6.45) is 2.92. The molecule has 0 radical (unpaired) electrons. The van der Waals surface area contributed by atoms with Gasteiger partial charge < -0.3 is 19.7 Å². The normalized spacial score (nSPS) is 23.3. The lowest BCUT2D eigenvalue weighted by atomic mass is 10.00. The quantitative estimate of drug-likeness (QED) is 0.886. The first-order valence-corrected chi connectivity index (χ1v) is 9.80. The molecule has 5 nitrogen and oxygen atoms in total. The summed E-state index contributed by atoms with van der Waals surface area (Å²) < 4.78 is 12.0. The zero-order chi connectivity index (χ0) is 18.5. The van der Waals surface area contributed by atoms with Gasteiger partial charge in [-0.3, -0.25) is 4.79 Å². The second kappa shape index (κ2) is 6.19. The van der Waals surface area contributed by atoms with Gasteiger partial charge in [0.1, 0.15) is 23.8 Å². The van der Waals surface area contributed by atoms with Crippen LogP contribution in [0.3, 0.4) is 0 Å². The second-order valence-electron chi connectivity index (χ2n) is 7.60. The van der Waals surface area contributed by atoms with Crippen molar-refractivity contribution in [1.82, 2.24) is 4.90 Å². The summed E-state index contributed by atoms with van der Waals surface area (Å²) in [7, 11) is 0. The first-order chi connectivity index (χ1) is 13.2. The van der Waals surface area contributed by atoms with E-state index in [-0.39, 0.29) is 24.2 Å². The van der Waals surface area contributed by atoms with E-state index < -0.39 is 0 Å². The summed E-state index contributed by atoms with van der Waals surface area (Å²) in [6, 6.07) is 12.2. The van der Waals surface area contributed by atoms with Gasteiger partial charge >= 0.3 is 0 Å². The molecule has 2 aromatic rings. The molecule has 5 heteroatoms. The fourth-order valence-electron chi connectivity index (χ4n) is 4.17. The van der Waals surface area contributed by atoms with Gasteiger partial charge in [0, 0.05) is 29.3 Å². The van der Waals surface area contributed by atoms with Crippen LogP contribution in [0.2, 0.25) is 0 Å². The van der Waals surface area contributed by atoms with Crippen LogP contribution >= 0.6 is 0 Å². The number of para-hydroxylation sites is 1. The molecule has 140 valence electrons. The number of ether oxygens (including phenoxy) is 2. The summed E-state index contributed by atoms with van der Waals surface area (Å²) >= 11 is 0. The van der Waals surface area contributed by atoms with E-state index in [0.29, 0.717) is 6.61 Å². The van der Waals surface area contributed by atoms with E-state index in [9.17, 15) is 4.79 Å². The van der Waals surface area contributed by atoms with E-state index in [1.807, 2.05) is 36.1 Å². The summed E-state index contributed by atoms with van der Waals surface area (Å²) in [6.45, 7) is 4.65. The second-order valence-corrected chi connectivity index (χ2v) is 7.60. The van der Waals surface area contributed by atoms with Crippen molar-refractivity contribution in [3.63, 3.8) is 0 Å². The Balaban J connectivity index is 1.62. The standard InChI is InChI=1S/C22H24N2O3/c1-3-26-20-11-14-10-13(2)27-19(14)12-17(20)21-23-18-7-5-4-6-16(18)22(25)24(21)15-8-9-15/h4-7,11-13,15,21,23H,3,8-10H2,1-2H3/t13-,21-/m1/s1.